The van der Waals surface area contributed by atoms with E-state index in [0.29, 0.717) is 38.7 Å². The largest absolute Gasteiger partial charge is 0.460 e. The molecule has 2 aromatic rings. The number of ether oxygens (including phenoxy) is 2. The number of likely N-dealkylation sites (N-methyl/N-ethyl adjacent to an activating group) is 1. The van der Waals surface area contributed by atoms with Crippen LogP contribution in [0.5, 0.6) is 0 Å². The van der Waals surface area contributed by atoms with Crippen molar-refractivity contribution in [2.45, 2.75) is 52.9 Å². The summed E-state index contributed by atoms with van der Waals surface area (Å²) in [5, 5.41) is 6.64. The van der Waals surface area contributed by atoms with Crippen molar-refractivity contribution < 1.29 is 19.1 Å². The van der Waals surface area contributed by atoms with Gasteiger partial charge in [0.1, 0.15) is 6.04 Å². The molecule has 0 fully saturated rings. The van der Waals surface area contributed by atoms with E-state index in [0.717, 1.165) is 13.1 Å². The zero-order valence-electron chi connectivity index (χ0n) is 20.9. The van der Waals surface area contributed by atoms with Crippen molar-refractivity contribution in [1.29, 1.82) is 0 Å². The topological polar surface area (TPSA) is 93.1 Å². The van der Waals surface area contributed by atoms with Crippen LogP contribution in [0.25, 0.3) is 0 Å². The van der Waals surface area contributed by atoms with Crippen molar-refractivity contribution in [3.8, 4) is 0 Å². The minimum Gasteiger partial charge on any atom is -0.460 e. The summed E-state index contributed by atoms with van der Waals surface area (Å²) in [7, 11) is 0. The molecule has 1 aliphatic heterocycles. The molecule has 1 aromatic carbocycles. The Bertz CT molecular complexity index is 1150. The zero-order chi connectivity index (χ0) is 26.4. The maximum atomic E-state index is 13.6. The van der Waals surface area contributed by atoms with Gasteiger partial charge < -0.3 is 14.8 Å². The van der Waals surface area contributed by atoms with Gasteiger partial charge in [0.25, 0.3) is 0 Å². The number of amidine groups is 1. The monoisotopic (exact) mass is 552 g/mol. The average Bonchev–Trinajstić information content (AvgIpc) is 3.36. The fourth-order valence-electron chi connectivity index (χ4n) is 3.63. The van der Waals surface area contributed by atoms with E-state index in [-0.39, 0.29) is 11.7 Å². The molecule has 194 valence electrons. The van der Waals surface area contributed by atoms with Crippen LogP contribution in [0.4, 0.5) is 0 Å². The molecule has 36 heavy (non-hydrogen) atoms. The minimum absolute atomic E-state index is 0.260. The molecule has 1 N–H and O–H groups in total. The smallest absolute Gasteiger partial charge is 0.347 e. The maximum absolute atomic E-state index is 13.6. The van der Waals surface area contributed by atoms with Gasteiger partial charge in [0.2, 0.25) is 0 Å². The summed E-state index contributed by atoms with van der Waals surface area (Å²) < 4.78 is 10.8. The molecule has 2 atom stereocenters. The van der Waals surface area contributed by atoms with Crippen LogP contribution in [0.15, 0.2) is 46.0 Å². The second-order valence-electron chi connectivity index (χ2n) is 8.40. The van der Waals surface area contributed by atoms with Gasteiger partial charge in [0.05, 0.1) is 11.7 Å². The van der Waals surface area contributed by atoms with E-state index in [1.807, 2.05) is 19.2 Å². The number of carbonyl (C=O) groups excluding carboxylic acids is 2. The summed E-state index contributed by atoms with van der Waals surface area (Å²) in [6.45, 7) is 11.0. The first-order valence-electron chi connectivity index (χ1n) is 11.7. The lowest BCUT2D eigenvalue weighted by atomic mass is 9.95. The van der Waals surface area contributed by atoms with Crippen molar-refractivity contribution in [3.63, 3.8) is 0 Å². The highest BCUT2D eigenvalue weighted by molar-refractivity contribution is 7.11. The number of thiazole rings is 1. The first-order chi connectivity index (χ1) is 17.1. The number of nitrogens with one attached hydrogen (secondary N) is 1. The lowest BCUT2D eigenvalue weighted by molar-refractivity contribution is -0.167. The number of carbonyl (C=O) groups is 2. The van der Waals surface area contributed by atoms with Crippen molar-refractivity contribution in [3.05, 3.63) is 61.7 Å². The van der Waals surface area contributed by atoms with E-state index in [2.05, 4.69) is 15.2 Å². The third kappa shape index (κ3) is 6.85. The third-order valence-corrected chi connectivity index (χ3v) is 6.82. The first-order valence-corrected chi connectivity index (χ1v) is 13.3. The molecule has 0 spiro atoms. The Labute approximate surface area is 225 Å². The predicted molar refractivity (Wildman–Crippen MR) is 143 cm³/mol. The van der Waals surface area contributed by atoms with Gasteiger partial charge in [-0.3, -0.25) is 9.89 Å². The minimum atomic E-state index is -1.10. The van der Waals surface area contributed by atoms with E-state index in [4.69, 9.17) is 37.7 Å². The number of hydrogen-bond acceptors (Lipinski definition) is 9. The fourth-order valence-corrected chi connectivity index (χ4v) is 4.73. The Kier molecular flexibility index (Phi) is 9.90. The number of hydrogen-bond donors (Lipinski definition) is 1. The molecule has 8 nitrogen and oxygen atoms in total. The summed E-state index contributed by atoms with van der Waals surface area (Å²) in [4.78, 5) is 37.4. The predicted octanol–water partition coefficient (Wildman–Crippen LogP) is 5.02. The van der Waals surface area contributed by atoms with Gasteiger partial charge in [-0.1, -0.05) is 43.1 Å². The van der Waals surface area contributed by atoms with Crippen LogP contribution in [-0.4, -0.2) is 59.5 Å². The number of aliphatic imine (C=N–C) groups is 1. The first kappa shape index (κ1) is 28.1. The van der Waals surface area contributed by atoms with E-state index in [9.17, 15) is 9.59 Å². The summed E-state index contributed by atoms with van der Waals surface area (Å²) in [5.74, 6) is -0.788. The summed E-state index contributed by atoms with van der Waals surface area (Å²) >= 11 is 14.1. The van der Waals surface area contributed by atoms with Crippen LogP contribution in [0.1, 0.15) is 51.2 Å². The molecule has 11 heteroatoms. The van der Waals surface area contributed by atoms with E-state index in [1.54, 1.807) is 38.2 Å². The Morgan fingerprint density at radius 2 is 1.89 bits per heavy atom. The Morgan fingerprint density at radius 3 is 2.47 bits per heavy atom. The Morgan fingerprint density at radius 1 is 1.17 bits per heavy atom. The van der Waals surface area contributed by atoms with Crippen LogP contribution >= 0.6 is 34.5 Å². The van der Waals surface area contributed by atoms with Gasteiger partial charge in [-0.2, -0.15) is 0 Å². The third-order valence-electron chi connectivity index (χ3n) is 5.48. The van der Waals surface area contributed by atoms with Crippen molar-refractivity contribution in [2.75, 3.05) is 19.6 Å². The van der Waals surface area contributed by atoms with Gasteiger partial charge in [0.15, 0.2) is 16.9 Å². The van der Waals surface area contributed by atoms with Crippen LogP contribution in [0, 0.1) is 0 Å². The van der Waals surface area contributed by atoms with Gasteiger partial charge >= 0.3 is 11.9 Å². The molecule has 3 rings (SSSR count). The quantitative estimate of drug-likeness (QED) is 0.413. The number of aromatic nitrogens is 1. The van der Waals surface area contributed by atoms with Crippen molar-refractivity contribution in [1.82, 2.24) is 15.2 Å². The molecule has 2 heterocycles. The molecule has 0 saturated carbocycles. The molecule has 0 radical (unpaired) electrons. The number of halogens is 2. The highest BCUT2D eigenvalue weighted by atomic mass is 35.5. The van der Waals surface area contributed by atoms with Crippen LogP contribution < -0.4 is 5.32 Å². The lowest BCUT2D eigenvalue weighted by Crippen LogP contribution is -2.40. The SMILES string of the molecule is CCN(CC)CC1=C(C(=O)O[C@H](C)C(=O)OC(C)C)[C@H](c2ccc(Cl)cc2Cl)N=C(c2nccs2)N1. The second-order valence-corrected chi connectivity index (χ2v) is 10.1. The van der Waals surface area contributed by atoms with Crippen LogP contribution in [-0.2, 0) is 19.1 Å². The molecule has 1 aromatic heterocycles. The highest BCUT2D eigenvalue weighted by Crippen LogP contribution is 2.37. The second kappa shape index (κ2) is 12.7. The normalized spacial score (nSPS) is 16.6. The molecule has 0 amide bonds. The molecule has 0 saturated heterocycles. The molecular formula is C25H30Cl2N4O4S. The van der Waals surface area contributed by atoms with Crippen LogP contribution in [0.3, 0.4) is 0 Å². The maximum Gasteiger partial charge on any atom is 0.347 e. The summed E-state index contributed by atoms with van der Waals surface area (Å²) in [6.07, 6.45) is 0.250. The average molecular weight is 554 g/mol. The lowest BCUT2D eigenvalue weighted by Gasteiger charge is -2.30. The van der Waals surface area contributed by atoms with E-state index in [1.165, 1.54) is 18.3 Å². The van der Waals surface area contributed by atoms with Gasteiger partial charge in [-0.25, -0.2) is 14.6 Å². The zero-order valence-corrected chi connectivity index (χ0v) is 23.2. The standard InChI is InChI=1S/C25H30Cl2N4O4S/c1-6-31(7-2)13-19-20(25(33)35-15(5)24(32)34-14(3)4)21(17-9-8-16(26)12-18(17)27)30-22(29-19)23-28-10-11-36-23/h8-12,14-15,21H,6-7,13H2,1-5H3,(H,29,30)/t15-,21+/m1/s1. The molecule has 0 aliphatic carbocycles. The number of rotatable bonds is 10. The number of nitrogens with zero attached hydrogens (tertiary/aromatic N) is 3. The number of benzene rings is 1. The van der Waals surface area contributed by atoms with Crippen molar-refractivity contribution >= 4 is 52.3 Å². The molecule has 1 aliphatic rings. The Hall–Kier alpha value is -2.46. The molecular weight excluding hydrogens is 523 g/mol. The fraction of sp³-hybridized carbons (Fsp3) is 0.440. The highest BCUT2D eigenvalue weighted by Gasteiger charge is 2.36. The summed E-state index contributed by atoms with van der Waals surface area (Å²) in [5.41, 5.74) is 1.44. The van der Waals surface area contributed by atoms with E-state index < -0.39 is 24.1 Å². The summed E-state index contributed by atoms with van der Waals surface area (Å²) in [6, 6.07) is 4.23. The van der Waals surface area contributed by atoms with Gasteiger partial charge in [-0.15, -0.1) is 11.3 Å². The van der Waals surface area contributed by atoms with E-state index >= 15 is 0 Å². The van der Waals surface area contributed by atoms with Gasteiger partial charge in [0, 0.05) is 39.4 Å². The van der Waals surface area contributed by atoms with Gasteiger partial charge in [-0.05, 0) is 46.0 Å². The van der Waals surface area contributed by atoms with Crippen LogP contribution in [0.2, 0.25) is 10.0 Å². The Balaban J connectivity index is 2.11. The molecule has 0 unspecified atom stereocenters. The number of esters is 2. The van der Waals surface area contributed by atoms with Crippen molar-refractivity contribution in [2.24, 2.45) is 4.99 Å². The molecule has 0 bridgehead atoms.